The lowest BCUT2D eigenvalue weighted by atomic mass is 9.97. The van der Waals surface area contributed by atoms with E-state index in [0.29, 0.717) is 26.2 Å². The molecule has 0 aliphatic carbocycles. The van der Waals surface area contributed by atoms with Crippen molar-refractivity contribution in [2.24, 2.45) is 0 Å². The number of esters is 1. The fraction of sp³-hybridized carbons (Fsp3) is 0.364. The van der Waals surface area contributed by atoms with Crippen LogP contribution in [-0.4, -0.2) is 50.4 Å². The fourth-order valence-electron chi connectivity index (χ4n) is 4.54. The van der Waals surface area contributed by atoms with Gasteiger partial charge in [0.25, 0.3) is 0 Å². The zero-order valence-corrected chi connectivity index (χ0v) is 22.9. The van der Waals surface area contributed by atoms with E-state index in [1.165, 1.54) is 0 Å². The molecular weight excluding hydrogens is 508 g/mol. The first-order valence-corrected chi connectivity index (χ1v) is 13.6. The van der Waals surface area contributed by atoms with Crippen molar-refractivity contribution in [2.75, 3.05) is 13.7 Å². The third kappa shape index (κ3) is 8.84. The largest absolute Gasteiger partial charge is 0.463 e. The first-order valence-electron chi connectivity index (χ1n) is 13.6. The van der Waals surface area contributed by atoms with E-state index < -0.39 is 30.7 Å². The Bertz CT molecular complexity index is 1140. The van der Waals surface area contributed by atoms with Crippen LogP contribution in [0.2, 0.25) is 0 Å². The van der Waals surface area contributed by atoms with Gasteiger partial charge in [-0.15, -0.1) is 6.58 Å². The predicted octanol–water partition coefficient (Wildman–Crippen LogP) is 5.62. The summed E-state index contributed by atoms with van der Waals surface area (Å²) in [5.41, 5.74) is 3.03. The maximum Gasteiger partial charge on any atom is 0.306 e. The zero-order chi connectivity index (χ0) is 28.0. The molecule has 0 spiro atoms. The van der Waals surface area contributed by atoms with Gasteiger partial charge in [-0.2, -0.15) is 0 Å². The SMILES string of the molecule is C=CCCC(=O)OC[C@H]1O[C@H](OC)[C@H](OCc2ccccc2)[C@@H](OCc2ccccc2)[C@@H]1OCc1ccccc1. The van der Waals surface area contributed by atoms with Crippen LogP contribution in [0.1, 0.15) is 29.5 Å². The molecule has 0 amide bonds. The lowest BCUT2D eigenvalue weighted by molar-refractivity contribution is -0.322. The molecule has 1 fully saturated rings. The first-order chi connectivity index (χ1) is 19.7. The Balaban J connectivity index is 1.59. The van der Waals surface area contributed by atoms with E-state index in [0.717, 1.165) is 16.7 Å². The second-order valence-electron chi connectivity index (χ2n) is 9.57. The maximum atomic E-state index is 12.3. The molecule has 0 N–H and O–H groups in total. The summed E-state index contributed by atoms with van der Waals surface area (Å²) >= 11 is 0. The van der Waals surface area contributed by atoms with Crippen LogP contribution in [-0.2, 0) is 53.0 Å². The molecule has 0 saturated carbocycles. The molecule has 4 rings (SSSR count). The van der Waals surface area contributed by atoms with Crippen LogP contribution in [0.25, 0.3) is 0 Å². The molecule has 1 aliphatic heterocycles. The van der Waals surface area contributed by atoms with Gasteiger partial charge in [-0.25, -0.2) is 0 Å². The zero-order valence-electron chi connectivity index (χ0n) is 22.9. The van der Waals surface area contributed by atoms with Crippen molar-refractivity contribution in [1.29, 1.82) is 0 Å². The van der Waals surface area contributed by atoms with E-state index in [4.69, 9.17) is 28.4 Å². The molecule has 40 heavy (non-hydrogen) atoms. The van der Waals surface area contributed by atoms with Gasteiger partial charge in [-0.1, -0.05) is 97.1 Å². The Hall–Kier alpha value is -3.33. The summed E-state index contributed by atoms with van der Waals surface area (Å²) in [5, 5.41) is 0. The molecule has 3 aromatic carbocycles. The summed E-state index contributed by atoms with van der Waals surface area (Å²) in [6, 6.07) is 29.7. The van der Waals surface area contributed by atoms with Gasteiger partial charge in [0.2, 0.25) is 0 Å². The van der Waals surface area contributed by atoms with Crippen molar-refractivity contribution in [2.45, 2.75) is 63.4 Å². The minimum absolute atomic E-state index is 0.00804. The van der Waals surface area contributed by atoms with Gasteiger partial charge in [0.15, 0.2) is 6.29 Å². The van der Waals surface area contributed by atoms with Crippen molar-refractivity contribution in [3.05, 3.63) is 120 Å². The molecule has 5 atom stereocenters. The average molecular weight is 547 g/mol. The quantitative estimate of drug-likeness (QED) is 0.181. The normalized spacial score (nSPS) is 22.5. The van der Waals surface area contributed by atoms with E-state index in [9.17, 15) is 4.79 Å². The highest BCUT2D eigenvalue weighted by atomic mass is 16.7. The van der Waals surface area contributed by atoms with Gasteiger partial charge in [-0.05, 0) is 23.1 Å². The summed E-state index contributed by atoms with van der Waals surface area (Å²) in [4.78, 5) is 12.3. The highest BCUT2D eigenvalue weighted by molar-refractivity contribution is 5.69. The molecule has 7 heteroatoms. The number of methoxy groups -OCH3 is 1. The van der Waals surface area contributed by atoms with Crippen LogP contribution in [0.3, 0.4) is 0 Å². The van der Waals surface area contributed by atoms with Gasteiger partial charge >= 0.3 is 5.97 Å². The first kappa shape index (κ1) is 29.6. The van der Waals surface area contributed by atoms with Crippen molar-refractivity contribution in [1.82, 2.24) is 0 Å². The Kier molecular flexibility index (Phi) is 11.9. The van der Waals surface area contributed by atoms with Crippen molar-refractivity contribution >= 4 is 5.97 Å². The highest BCUT2D eigenvalue weighted by Gasteiger charge is 2.49. The van der Waals surface area contributed by atoms with Crippen LogP contribution >= 0.6 is 0 Å². The number of hydrogen-bond acceptors (Lipinski definition) is 7. The second-order valence-corrected chi connectivity index (χ2v) is 9.57. The number of rotatable bonds is 15. The lowest BCUT2D eigenvalue weighted by Gasteiger charge is -2.45. The molecule has 0 bridgehead atoms. The molecule has 0 radical (unpaired) electrons. The smallest absolute Gasteiger partial charge is 0.306 e. The number of carbonyl (C=O) groups excluding carboxylic acids is 1. The molecule has 3 aromatic rings. The molecule has 1 aliphatic rings. The molecular formula is C33H38O7. The van der Waals surface area contributed by atoms with E-state index in [1.807, 2.05) is 91.0 Å². The molecule has 7 nitrogen and oxygen atoms in total. The minimum atomic E-state index is -0.766. The van der Waals surface area contributed by atoms with Gasteiger partial charge in [-0.3, -0.25) is 4.79 Å². The summed E-state index contributed by atoms with van der Waals surface area (Å²) in [5.74, 6) is -0.330. The molecule has 1 saturated heterocycles. The number of carbonyl (C=O) groups is 1. The van der Waals surface area contributed by atoms with Crippen molar-refractivity contribution < 1.29 is 33.2 Å². The summed E-state index contributed by atoms with van der Waals surface area (Å²) < 4.78 is 37.1. The highest BCUT2D eigenvalue weighted by Crippen LogP contribution is 2.31. The standard InChI is InChI=1S/C33H38O7/c1-3-4-20-29(34)36-24-28-30(37-21-25-14-8-5-9-15-25)31(38-22-26-16-10-6-11-17-26)32(33(35-2)40-28)39-23-27-18-12-7-13-19-27/h3,5-19,28,30-33H,1,4,20-24H2,2H3/t28-,30-,31+,32-,33+/m1/s1. The van der Waals surface area contributed by atoms with Crippen molar-refractivity contribution in [3.63, 3.8) is 0 Å². The van der Waals surface area contributed by atoms with E-state index in [-0.39, 0.29) is 19.0 Å². The van der Waals surface area contributed by atoms with Crippen LogP contribution in [0.5, 0.6) is 0 Å². The summed E-state index contributed by atoms with van der Waals surface area (Å²) in [7, 11) is 1.57. The predicted molar refractivity (Wildman–Crippen MR) is 151 cm³/mol. The third-order valence-corrected chi connectivity index (χ3v) is 6.64. The summed E-state index contributed by atoms with van der Waals surface area (Å²) in [6.07, 6.45) is -0.730. The Morgan fingerprint density at radius 2 is 1.23 bits per heavy atom. The van der Waals surface area contributed by atoms with Gasteiger partial charge < -0.3 is 28.4 Å². The van der Waals surface area contributed by atoms with E-state index in [1.54, 1.807) is 13.2 Å². The number of ether oxygens (including phenoxy) is 6. The van der Waals surface area contributed by atoms with Crippen LogP contribution in [0.15, 0.2) is 104 Å². The molecule has 1 heterocycles. The number of benzene rings is 3. The third-order valence-electron chi connectivity index (χ3n) is 6.64. The molecule has 212 valence electrons. The van der Waals surface area contributed by atoms with Crippen LogP contribution in [0.4, 0.5) is 0 Å². The van der Waals surface area contributed by atoms with E-state index >= 15 is 0 Å². The fourth-order valence-corrected chi connectivity index (χ4v) is 4.54. The monoisotopic (exact) mass is 546 g/mol. The number of allylic oxidation sites excluding steroid dienone is 1. The maximum absolute atomic E-state index is 12.3. The van der Waals surface area contributed by atoms with Gasteiger partial charge in [0, 0.05) is 13.5 Å². The summed E-state index contributed by atoms with van der Waals surface area (Å²) in [6.45, 7) is 4.67. The number of hydrogen-bond donors (Lipinski definition) is 0. The minimum Gasteiger partial charge on any atom is -0.463 e. The Morgan fingerprint density at radius 3 is 1.70 bits per heavy atom. The second kappa shape index (κ2) is 16.1. The van der Waals surface area contributed by atoms with Gasteiger partial charge in [0.05, 0.1) is 19.8 Å². The van der Waals surface area contributed by atoms with Crippen molar-refractivity contribution in [3.8, 4) is 0 Å². The van der Waals surface area contributed by atoms with Crippen LogP contribution in [0, 0.1) is 0 Å². The molecule has 0 unspecified atom stereocenters. The van der Waals surface area contributed by atoms with E-state index in [2.05, 4.69) is 6.58 Å². The Morgan fingerprint density at radius 1 is 0.750 bits per heavy atom. The lowest BCUT2D eigenvalue weighted by Crippen LogP contribution is -2.61. The van der Waals surface area contributed by atoms with Gasteiger partial charge in [0.1, 0.15) is 31.0 Å². The average Bonchev–Trinajstić information content (AvgIpc) is 3.01. The molecule has 0 aromatic heterocycles. The Labute approximate surface area is 236 Å². The van der Waals surface area contributed by atoms with Crippen LogP contribution < -0.4 is 0 Å². The topological polar surface area (TPSA) is 72.5 Å².